The molecule has 0 amide bonds. The van der Waals surface area contributed by atoms with Crippen LogP contribution >= 0.6 is 0 Å². The SMILES string of the molecule is CCC(C)(C(C)C)C(C)C(C)C1CC1. The van der Waals surface area contributed by atoms with Gasteiger partial charge in [-0.3, -0.25) is 0 Å². The van der Waals surface area contributed by atoms with Crippen LogP contribution in [-0.2, 0) is 0 Å². The summed E-state index contributed by atoms with van der Waals surface area (Å²) in [7, 11) is 0. The summed E-state index contributed by atoms with van der Waals surface area (Å²) >= 11 is 0. The van der Waals surface area contributed by atoms with Gasteiger partial charge in [0.15, 0.2) is 0 Å². The summed E-state index contributed by atoms with van der Waals surface area (Å²) < 4.78 is 0. The summed E-state index contributed by atoms with van der Waals surface area (Å²) in [4.78, 5) is 0. The Hall–Kier alpha value is 0. The van der Waals surface area contributed by atoms with Crippen LogP contribution in [0.4, 0.5) is 0 Å². The molecule has 1 aliphatic carbocycles. The highest BCUT2D eigenvalue weighted by atomic mass is 14.5. The lowest BCUT2D eigenvalue weighted by atomic mass is 9.63. The van der Waals surface area contributed by atoms with Crippen molar-refractivity contribution in [3.05, 3.63) is 0 Å². The molecule has 1 saturated carbocycles. The van der Waals surface area contributed by atoms with Gasteiger partial charge in [-0.2, -0.15) is 0 Å². The molecule has 1 fully saturated rings. The van der Waals surface area contributed by atoms with Crippen LogP contribution in [0.15, 0.2) is 0 Å². The maximum Gasteiger partial charge on any atom is -0.0277 e. The van der Waals surface area contributed by atoms with E-state index in [1.165, 1.54) is 19.3 Å². The van der Waals surface area contributed by atoms with Crippen molar-refractivity contribution >= 4 is 0 Å². The van der Waals surface area contributed by atoms with Gasteiger partial charge >= 0.3 is 0 Å². The molecule has 0 aromatic rings. The Balaban J connectivity index is 2.66. The Morgan fingerprint density at radius 1 is 1.14 bits per heavy atom. The van der Waals surface area contributed by atoms with Crippen LogP contribution in [0.5, 0.6) is 0 Å². The third-order valence-corrected chi connectivity index (χ3v) is 5.28. The van der Waals surface area contributed by atoms with Gasteiger partial charge in [0.05, 0.1) is 0 Å². The van der Waals surface area contributed by atoms with Crippen LogP contribution in [0.1, 0.15) is 60.8 Å². The van der Waals surface area contributed by atoms with Crippen molar-refractivity contribution in [3.63, 3.8) is 0 Å². The Bertz CT molecular complexity index is 178. The van der Waals surface area contributed by atoms with Gasteiger partial charge in [-0.1, -0.05) is 48.0 Å². The predicted molar refractivity (Wildman–Crippen MR) is 64.3 cm³/mol. The lowest BCUT2D eigenvalue weighted by molar-refractivity contribution is 0.0706. The fraction of sp³-hybridized carbons (Fsp3) is 1.00. The van der Waals surface area contributed by atoms with E-state index >= 15 is 0 Å². The van der Waals surface area contributed by atoms with Crippen LogP contribution in [0.3, 0.4) is 0 Å². The molecule has 0 aromatic carbocycles. The second kappa shape index (κ2) is 4.24. The molecular formula is C14H28. The molecule has 0 aliphatic heterocycles. The Labute approximate surface area is 90.5 Å². The number of hydrogen-bond donors (Lipinski definition) is 0. The zero-order chi connectivity index (χ0) is 10.9. The summed E-state index contributed by atoms with van der Waals surface area (Å²) in [5.41, 5.74) is 0.544. The van der Waals surface area contributed by atoms with Crippen molar-refractivity contribution in [2.75, 3.05) is 0 Å². The normalized spacial score (nSPS) is 25.9. The molecular weight excluding hydrogens is 168 g/mol. The van der Waals surface area contributed by atoms with Gasteiger partial charge < -0.3 is 0 Å². The fourth-order valence-electron chi connectivity index (χ4n) is 2.89. The summed E-state index contributed by atoms with van der Waals surface area (Å²) in [6, 6.07) is 0. The highest BCUT2D eigenvalue weighted by Crippen LogP contribution is 2.49. The van der Waals surface area contributed by atoms with Crippen molar-refractivity contribution < 1.29 is 0 Å². The minimum Gasteiger partial charge on any atom is -0.0648 e. The van der Waals surface area contributed by atoms with Crippen molar-refractivity contribution in [2.24, 2.45) is 29.1 Å². The van der Waals surface area contributed by atoms with Crippen molar-refractivity contribution in [1.82, 2.24) is 0 Å². The molecule has 0 aromatic heterocycles. The molecule has 14 heavy (non-hydrogen) atoms. The molecule has 3 unspecified atom stereocenters. The van der Waals surface area contributed by atoms with Crippen molar-refractivity contribution in [3.8, 4) is 0 Å². The van der Waals surface area contributed by atoms with E-state index in [1.807, 2.05) is 0 Å². The average Bonchev–Trinajstić information content (AvgIpc) is 2.97. The molecule has 0 nitrogen and oxygen atoms in total. The van der Waals surface area contributed by atoms with Crippen LogP contribution in [0.25, 0.3) is 0 Å². The Kier molecular flexibility index (Phi) is 3.66. The van der Waals surface area contributed by atoms with Crippen molar-refractivity contribution in [1.29, 1.82) is 0 Å². The Morgan fingerprint density at radius 2 is 1.64 bits per heavy atom. The highest BCUT2D eigenvalue weighted by Gasteiger charge is 2.40. The average molecular weight is 196 g/mol. The topological polar surface area (TPSA) is 0 Å². The molecule has 1 rings (SSSR count). The first-order chi connectivity index (χ1) is 6.43. The highest BCUT2D eigenvalue weighted by molar-refractivity contribution is 4.90. The molecule has 3 atom stereocenters. The smallest absolute Gasteiger partial charge is 0.0277 e. The zero-order valence-corrected chi connectivity index (χ0v) is 10.9. The lowest BCUT2D eigenvalue weighted by Crippen LogP contribution is -2.35. The van der Waals surface area contributed by atoms with Gasteiger partial charge in [-0.25, -0.2) is 0 Å². The first-order valence-electron chi connectivity index (χ1n) is 6.43. The molecule has 0 heteroatoms. The summed E-state index contributed by atoms with van der Waals surface area (Å²) in [5, 5.41) is 0. The number of rotatable bonds is 5. The van der Waals surface area contributed by atoms with Gasteiger partial charge in [0.2, 0.25) is 0 Å². The molecule has 0 heterocycles. The van der Waals surface area contributed by atoms with Gasteiger partial charge in [-0.05, 0) is 41.9 Å². The summed E-state index contributed by atoms with van der Waals surface area (Å²) in [6.45, 7) is 14.6. The maximum atomic E-state index is 2.49. The quantitative estimate of drug-likeness (QED) is 0.595. The maximum absolute atomic E-state index is 2.49. The lowest BCUT2D eigenvalue weighted by Gasteiger charge is -2.42. The van der Waals surface area contributed by atoms with E-state index in [0.717, 1.165) is 23.7 Å². The minimum absolute atomic E-state index is 0.544. The predicted octanol–water partition coefficient (Wildman–Crippen LogP) is 4.74. The molecule has 0 radical (unpaired) electrons. The first-order valence-corrected chi connectivity index (χ1v) is 6.43. The zero-order valence-electron chi connectivity index (χ0n) is 10.9. The van der Waals surface area contributed by atoms with Gasteiger partial charge in [0.1, 0.15) is 0 Å². The summed E-state index contributed by atoms with van der Waals surface area (Å²) in [6.07, 6.45) is 4.30. The van der Waals surface area contributed by atoms with Crippen molar-refractivity contribution in [2.45, 2.75) is 60.8 Å². The third-order valence-electron chi connectivity index (χ3n) is 5.28. The van der Waals surface area contributed by atoms with Gasteiger partial charge in [-0.15, -0.1) is 0 Å². The molecule has 84 valence electrons. The van der Waals surface area contributed by atoms with Crippen LogP contribution in [0.2, 0.25) is 0 Å². The van der Waals surface area contributed by atoms with E-state index in [9.17, 15) is 0 Å². The Morgan fingerprint density at radius 3 is 1.93 bits per heavy atom. The van der Waals surface area contributed by atoms with Crippen LogP contribution in [-0.4, -0.2) is 0 Å². The molecule has 1 aliphatic rings. The fourth-order valence-corrected chi connectivity index (χ4v) is 2.89. The van der Waals surface area contributed by atoms with Gasteiger partial charge in [0.25, 0.3) is 0 Å². The second-order valence-corrected chi connectivity index (χ2v) is 6.00. The number of hydrogen-bond acceptors (Lipinski definition) is 0. The molecule has 0 bridgehead atoms. The van der Waals surface area contributed by atoms with Crippen LogP contribution in [0, 0.1) is 29.1 Å². The largest absolute Gasteiger partial charge is 0.0648 e. The molecule has 0 saturated heterocycles. The monoisotopic (exact) mass is 196 g/mol. The first kappa shape index (κ1) is 12.1. The van der Waals surface area contributed by atoms with Crippen LogP contribution < -0.4 is 0 Å². The van der Waals surface area contributed by atoms with E-state index in [4.69, 9.17) is 0 Å². The molecule has 0 N–H and O–H groups in total. The minimum atomic E-state index is 0.544. The third kappa shape index (κ3) is 2.15. The van der Waals surface area contributed by atoms with Gasteiger partial charge in [0, 0.05) is 0 Å². The van der Waals surface area contributed by atoms with E-state index in [2.05, 4.69) is 41.5 Å². The van der Waals surface area contributed by atoms with E-state index in [1.54, 1.807) is 0 Å². The van der Waals surface area contributed by atoms with E-state index in [0.29, 0.717) is 5.41 Å². The standard InChI is InChI=1S/C14H28/c1-7-14(6,10(2)3)12(5)11(4)13-8-9-13/h10-13H,7-9H2,1-6H3. The molecule has 0 spiro atoms. The van der Waals surface area contributed by atoms with E-state index < -0.39 is 0 Å². The van der Waals surface area contributed by atoms with E-state index in [-0.39, 0.29) is 0 Å². The second-order valence-electron chi connectivity index (χ2n) is 6.00. The summed E-state index contributed by atoms with van der Waals surface area (Å²) in [5.74, 6) is 3.67.